The topological polar surface area (TPSA) is 148 Å². The number of aromatic nitrogens is 5. The maximum atomic E-state index is 13.3. The van der Waals surface area contributed by atoms with Gasteiger partial charge in [-0.25, -0.2) is 14.3 Å². The molecule has 2 atom stereocenters. The minimum atomic E-state index is -5.08. The summed E-state index contributed by atoms with van der Waals surface area (Å²) in [6.45, 7) is -2.18. The van der Waals surface area contributed by atoms with Crippen LogP contribution in [0.1, 0.15) is 23.0 Å². The molecule has 1 unspecified atom stereocenters. The van der Waals surface area contributed by atoms with Crippen LogP contribution < -0.4 is 16.8 Å². The second-order valence-electron chi connectivity index (χ2n) is 8.54. The zero-order valence-corrected chi connectivity index (χ0v) is 21.0. The van der Waals surface area contributed by atoms with Crippen molar-refractivity contribution in [1.82, 2.24) is 29.8 Å². The first-order valence-corrected chi connectivity index (χ1v) is 11.7. The van der Waals surface area contributed by atoms with Gasteiger partial charge in [-0.1, -0.05) is 28.9 Å². The third-order valence-corrected chi connectivity index (χ3v) is 5.89. The van der Waals surface area contributed by atoms with Crippen molar-refractivity contribution in [2.45, 2.75) is 37.6 Å². The van der Waals surface area contributed by atoms with Crippen molar-refractivity contribution >= 4 is 17.5 Å². The molecule has 0 aliphatic heterocycles. The fourth-order valence-electron chi connectivity index (χ4n) is 3.71. The van der Waals surface area contributed by atoms with Crippen molar-refractivity contribution < 1.29 is 40.8 Å². The van der Waals surface area contributed by atoms with Crippen molar-refractivity contribution in [3.8, 4) is 11.4 Å². The van der Waals surface area contributed by atoms with Gasteiger partial charge in [0.25, 0.3) is 0 Å². The number of aliphatic hydroxyl groups excluding tert-OH is 1. The molecule has 11 nitrogen and oxygen atoms in total. The Bertz CT molecular complexity index is 1660. The Labute approximate surface area is 229 Å². The predicted octanol–water partition coefficient (Wildman–Crippen LogP) is 2.89. The van der Waals surface area contributed by atoms with E-state index in [-0.39, 0.29) is 27.8 Å². The Morgan fingerprint density at radius 1 is 1.10 bits per heavy atom. The lowest BCUT2D eigenvalue weighted by Crippen LogP contribution is -2.39. The van der Waals surface area contributed by atoms with Crippen LogP contribution in [0.4, 0.5) is 26.3 Å². The first-order valence-electron chi connectivity index (χ1n) is 11.3. The molecule has 2 heterocycles. The van der Waals surface area contributed by atoms with Crippen LogP contribution in [-0.2, 0) is 24.1 Å². The van der Waals surface area contributed by atoms with Crippen LogP contribution >= 0.6 is 11.6 Å². The number of benzene rings is 2. The van der Waals surface area contributed by atoms with Crippen molar-refractivity contribution in [2.75, 3.05) is 0 Å². The lowest BCUT2D eigenvalue weighted by Gasteiger charge is -2.17. The monoisotopic (exact) mass is 606 g/mol. The van der Waals surface area contributed by atoms with E-state index in [2.05, 4.69) is 25.1 Å². The maximum Gasteiger partial charge on any atom is 0.438 e. The van der Waals surface area contributed by atoms with Gasteiger partial charge in [0.1, 0.15) is 12.6 Å². The van der Waals surface area contributed by atoms with Gasteiger partial charge in [-0.3, -0.25) is 18.9 Å². The normalized spacial score (nSPS) is 13.7. The van der Waals surface area contributed by atoms with Gasteiger partial charge in [0.2, 0.25) is 5.91 Å². The van der Waals surface area contributed by atoms with Crippen LogP contribution in [0.3, 0.4) is 0 Å². The summed E-state index contributed by atoms with van der Waals surface area (Å²) in [5.41, 5.74) is -2.34. The molecule has 1 amide bonds. The Morgan fingerprint density at radius 3 is 2.37 bits per heavy atom. The molecular weight excluding hydrogens is 590 g/mol. The molecule has 0 fully saturated rings. The molecule has 2 aromatic carbocycles. The van der Waals surface area contributed by atoms with E-state index >= 15 is 0 Å². The van der Waals surface area contributed by atoms with Crippen LogP contribution in [0.15, 0.2) is 62.6 Å². The average molecular weight is 607 g/mol. The molecule has 0 radical (unpaired) electrons. The minimum Gasteiger partial charge on any atom is -0.382 e. The molecule has 18 heteroatoms. The Kier molecular flexibility index (Phi) is 8.12. The smallest absolute Gasteiger partial charge is 0.382 e. The standard InChI is InChI=1S/C23H17ClF6N6O5/c24-14-6-4-11(5-7-14)19-33-36(21(40)35(19)9-15(37)23(28,29)30)10-16(38)31-17(18-32-20(39)41-34-18)12-2-1-3-13(8-12)22(25,26)27/h1-8,15,17,37H,9-10H2,(H,31,38)(H,32,34,39)/t15-,17?/m0/s1. The number of alkyl halides is 6. The van der Waals surface area contributed by atoms with Gasteiger partial charge in [0, 0.05) is 10.6 Å². The number of nitrogens with zero attached hydrogens (tertiary/aromatic N) is 4. The predicted molar refractivity (Wildman–Crippen MR) is 128 cm³/mol. The number of H-pyrrole nitrogens is 1. The molecule has 0 bridgehead atoms. The highest BCUT2D eigenvalue weighted by molar-refractivity contribution is 6.30. The summed E-state index contributed by atoms with van der Waals surface area (Å²) in [5.74, 6) is -2.84. The second kappa shape index (κ2) is 11.2. The summed E-state index contributed by atoms with van der Waals surface area (Å²) in [6.07, 6.45) is -12.8. The van der Waals surface area contributed by atoms with E-state index in [9.17, 15) is 45.8 Å². The number of hydrogen-bond acceptors (Lipinski definition) is 7. The molecule has 41 heavy (non-hydrogen) atoms. The number of rotatable bonds is 8. The van der Waals surface area contributed by atoms with E-state index in [4.69, 9.17) is 11.6 Å². The fourth-order valence-corrected chi connectivity index (χ4v) is 3.84. The summed E-state index contributed by atoms with van der Waals surface area (Å²) >= 11 is 5.84. The van der Waals surface area contributed by atoms with Gasteiger partial charge < -0.3 is 10.4 Å². The number of hydrogen-bond donors (Lipinski definition) is 3. The van der Waals surface area contributed by atoms with Gasteiger partial charge in [-0.15, -0.1) is 5.10 Å². The van der Waals surface area contributed by atoms with E-state index in [1.807, 2.05) is 0 Å². The van der Waals surface area contributed by atoms with Gasteiger partial charge in [0.05, 0.1) is 12.1 Å². The third-order valence-electron chi connectivity index (χ3n) is 5.64. The number of halogens is 7. The second-order valence-corrected chi connectivity index (χ2v) is 8.98. The molecule has 0 aliphatic rings. The number of amides is 1. The van der Waals surface area contributed by atoms with Gasteiger partial charge in [0.15, 0.2) is 17.8 Å². The first kappa shape index (κ1) is 29.6. The highest BCUT2D eigenvalue weighted by Crippen LogP contribution is 2.31. The highest BCUT2D eigenvalue weighted by atomic mass is 35.5. The van der Waals surface area contributed by atoms with Crippen LogP contribution in [-0.4, -0.2) is 47.8 Å². The average Bonchev–Trinajstić information content (AvgIpc) is 3.45. The third kappa shape index (κ3) is 6.86. The summed E-state index contributed by atoms with van der Waals surface area (Å²) < 4.78 is 84.4. The van der Waals surface area contributed by atoms with E-state index in [0.29, 0.717) is 15.3 Å². The van der Waals surface area contributed by atoms with Crippen molar-refractivity contribution in [3.63, 3.8) is 0 Å². The van der Waals surface area contributed by atoms with Crippen LogP contribution in [0.2, 0.25) is 5.02 Å². The summed E-state index contributed by atoms with van der Waals surface area (Å²) in [5, 5.41) is 19.5. The number of aromatic amines is 1. The minimum absolute atomic E-state index is 0.127. The molecular formula is C23H17ClF6N6O5. The van der Waals surface area contributed by atoms with Crippen molar-refractivity contribution in [1.29, 1.82) is 0 Å². The summed E-state index contributed by atoms with van der Waals surface area (Å²) in [4.78, 5) is 39.6. The van der Waals surface area contributed by atoms with Crippen molar-refractivity contribution in [2.24, 2.45) is 0 Å². The summed E-state index contributed by atoms with van der Waals surface area (Å²) in [6, 6.07) is 7.63. The molecule has 4 rings (SSSR count). The highest BCUT2D eigenvalue weighted by Gasteiger charge is 2.39. The maximum absolute atomic E-state index is 13.3. The van der Waals surface area contributed by atoms with E-state index in [0.717, 1.165) is 12.1 Å². The molecule has 0 saturated heterocycles. The largest absolute Gasteiger partial charge is 0.438 e. The Balaban J connectivity index is 1.68. The van der Waals surface area contributed by atoms with Gasteiger partial charge in [-0.2, -0.15) is 26.3 Å². The first-order chi connectivity index (χ1) is 19.1. The van der Waals surface area contributed by atoms with Crippen LogP contribution in [0.5, 0.6) is 0 Å². The molecule has 3 N–H and O–H groups in total. The van der Waals surface area contributed by atoms with E-state index < -0.39 is 60.5 Å². The molecule has 218 valence electrons. The SMILES string of the molecule is O=C(Cn1nc(-c2ccc(Cl)cc2)n(C[C@H](O)C(F)(F)F)c1=O)NC(c1cccc(C(F)(F)F)c1)c1noc(=O)[nH]1. The zero-order chi connectivity index (χ0) is 30.1. The number of aliphatic hydroxyl groups is 1. The van der Waals surface area contributed by atoms with Gasteiger partial charge >= 0.3 is 23.8 Å². The summed E-state index contributed by atoms with van der Waals surface area (Å²) in [7, 11) is 0. The van der Waals surface area contributed by atoms with E-state index in [1.54, 1.807) is 0 Å². The quantitative estimate of drug-likeness (QED) is 0.261. The molecule has 4 aromatic rings. The number of nitrogens with one attached hydrogen (secondary N) is 2. The van der Waals surface area contributed by atoms with Crippen LogP contribution in [0, 0.1) is 0 Å². The lowest BCUT2D eigenvalue weighted by molar-refractivity contribution is -0.207. The molecule has 0 saturated carbocycles. The fraction of sp³-hybridized carbons (Fsp3) is 0.261. The number of carbonyl (C=O) groups is 1. The van der Waals surface area contributed by atoms with E-state index in [1.165, 1.54) is 30.3 Å². The lowest BCUT2D eigenvalue weighted by atomic mass is 10.0. The Morgan fingerprint density at radius 2 is 1.78 bits per heavy atom. The van der Waals surface area contributed by atoms with Crippen molar-refractivity contribution in [3.05, 3.63) is 91.5 Å². The molecule has 0 spiro atoms. The zero-order valence-electron chi connectivity index (χ0n) is 20.2. The van der Waals surface area contributed by atoms with Gasteiger partial charge in [-0.05, 0) is 42.0 Å². The molecule has 2 aromatic heterocycles. The van der Waals surface area contributed by atoms with Crippen LogP contribution in [0.25, 0.3) is 11.4 Å². The Hall–Kier alpha value is -4.38. The number of carbonyl (C=O) groups excluding carboxylic acids is 1. The molecule has 0 aliphatic carbocycles.